The van der Waals surface area contributed by atoms with Gasteiger partial charge in [-0.2, -0.15) is 5.10 Å². The fourth-order valence-corrected chi connectivity index (χ4v) is 1.34. The fraction of sp³-hybridized carbons (Fsp3) is 0. The Kier molecular flexibility index (Phi) is 3.69. The quantitative estimate of drug-likeness (QED) is 0.858. The Morgan fingerprint density at radius 3 is 2.71 bits per heavy atom. The molecule has 0 spiro atoms. The van der Waals surface area contributed by atoms with Crippen LogP contribution in [0.1, 0.15) is 10.4 Å². The van der Waals surface area contributed by atoms with Gasteiger partial charge in [0.25, 0.3) is 0 Å². The Morgan fingerprint density at radius 2 is 2.18 bits per heavy atom. The van der Waals surface area contributed by atoms with Crippen molar-refractivity contribution in [2.24, 2.45) is 0 Å². The number of rotatable bonds is 2. The van der Waals surface area contributed by atoms with E-state index >= 15 is 0 Å². The van der Waals surface area contributed by atoms with Crippen molar-refractivity contribution in [3.63, 3.8) is 0 Å². The van der Waals surface area contributed by atoms with Crippen LogP contribution in [0.4, 0.5) is 10.2 Å². The van der Waals surface area contributed by atoms with Crippen LogP contribution in [-0.4, -0.2) is 20.9 Å². The zero-order chi connectivity index (χ0) is 11.7. The number of anilines is 1. The molecule has 7 heteroatoms. The summed E-state index contributed by atoms with van der Waals surface area (Å²) in [4.78, 5) is 10.7. The molecule has 17 heavy (non-hydrogen) atoms. The number of carboxylic acid groups (broad SMARTS) is 1. The third-order valence-corrected chi connectivity index (χ3v) is 2.09. The van der Waals surface area contributed by atoms with Crippen molar-refractivity contribution in [1.29, 1.82) is 0 Å². The van der Waals surface area contributed by atoms with E-state index in [9.17, 15) is 9.18 Å². The molecule has 0 saturated carbocycles. The molecule has 0 aliphatic rings. The maximum Gasteiger partial charge on any atom is 0.341 e. The van der Waals surface area contributed by atoms with Crippen molar-refractivity contribution in [2.45, 2.75) is 0 Å². The number of hydrogen-bond acceptors (Lipinski definition) is 3. The van der Waals surface area contributed by atoms with Gasteiger partial charge in [-0.3, -0.25) is 0 Å². The number of aromatic carboxylic acids is 1. The van der Waals surface area contributed by atoms with Crippen LogP contribution in [0.15, 0.2) is 30.5 Å². The fourth-order valence-electron chi connectivity index (χ4n) is 1.34. The van der Waals surface area contributed by atoms with E-state index in [0.29, 0.717) is 5.69 Å². The van der Waals surface area contributed by atoms with Crippen molar-refractivity contribution in [1.82, 2.24) is 9.78 Å². The van der Waals surface area contributed by atoms with Gasteiger partial charge < -0.3 is 10.8 Å². The molecule has 0 aliphatic heterocycles. The van der Waals surface area contributed by atoms with Crippen molar-refractivity contribution < 1.29 is 14.3 Å². The molecule has 90 valence electrons. The summed E-state index contributed by atoms with van der Waals surface area (Å²) in [5.41, 5.74) is 5.86. The maximum absolute atomic E-state index is 13.0. The summed E-state index contributed by atoms with van der Waals surface area (Å²) in [6, 6.07) is 5.57. The lowest BCUT2D eigenvalue weighted by atomic mass is 10.3. The van der Waals surface area contributed by atoms with Crippen LogP contribution in [-0.2, 0) is 0 Å². The Balaban J connectivity index is 0.00000144. The average molecular weight is 258 g/mol. The first-order chi connectivity index (χ1) is 7.59. The normalized spacial score (nSPS) is 9.71. The number of nitrogens with zero attached hydrogens (tertiary/aromatic N) is 2. The number of nitrogens with two attached hydrogens (primary N) is 1. The molecule has 0 bridgehead atoms. The highest BCUT2D eigenvalue weighted by atomic mass is 35.5. The standard InChI is InChI=1S/C10H8FN3O2.ClH/c11-6-2-1-3-7(4-6)14-9(12)8(5-13-14)10(15)16;/h1-5H,12H2,(H,15,16);1H. The SMILES string of the molecule is Cl.Nc1c(C(=O)O)cnn1-c1cccc(F)c1. The van der Waals surface area contributed by atoms with E-state index in [2.05, 4.69) is 5.10 Å². The molecule has 3 N–H and O–H groups in total. The highest BCUT2D eigenvalue weighted by Crippen LogP contribution is 2.17. The van der Waals surface area contributed by atoms with Gasteiger partial charge in [-0.05, 0) is 18.2 Å². The lowest BCUT2D eigenvalue weighted by Crippen LogP contribution is -2.05. The van der Waals surface area contributed by atoms with Crippen LogP contribution in [0.25, 0.3) is 5.69 Å². The minimum absolute atomic E-state index is 0. The molecule has 1 heterocycles. The number of nitrogen functional groups attached to an aromatic ring is 1. The van der Waals surface area contributed by atoms with Crippen LogP contribution in [0, 0.1) is 5.82 Å². The van der Waals surface area contributed by atoms with E-state index in [0.717, 1.165) is 6.20 Å². The second kappa shape index (κ2) is 4.84. The predicted octanol–water partition coefficient (Wildman–Crippen LogP) is 1.71. The van der Waals surface area contributed by atoms with E-state index < -0.39 is 11.8 Å². The van der Waals surface area contributed by atoms with Gasteiger partial charge in [0.1, 0.15) is 17.2 Å². The molecule has 0 atom stereocenters. The summed E-state index contributed by atoms with van der Waals surface area (Å²) in [5.74, 6) is -1.64. The Labute approximate surface area is 102 Å². The van der Waals surface area contributed by atoms with Gasteiger partial charge in [0.15, 0.2) is 0 Å². The molecule has 2 aromatic rings. The van der Waals surface area contributed by atoms with Gasteiger partial charge in [0.05, 0.1) is 11.9 Å². The third-order valence-electron chi connectivity index (χ3n) is 2.09. The summed E-state index contributed by atoms with van der Waals surface area (Å²) in [6.45, 7) is 0. The van der Waals surface area contributed by atoms with Gasteiger partial charge in [-0.1, -0.05) is 6.07 Å². The smallest absolute Gasteiger partial charge is 0.341 e. The summed E-state index contributed by atoms with van der Waals surface area (Å²) in [6.07, 6.45) is 1.13. The van der Waals surface area contributed by atoms with Gasteiger partial charge in [-0.15, -0.1) is 12.4 Å². The summed E-state index contributed by atoms with van der Waals surface area (Å²) in [7, 11) is 0. The first-order valence-corrected chi connectivity index (χ1v) is 4.42. The maximum atomic E-state index is 13.0. The van der Waals surface area contributed by atoms with Crippen LogP contribution in [0.5, 0.6) is 0 Å². The molecule has 1 aromatic carbocycles. The molecule has 1 aromatic heterocycles. The molecular formula is C10H9ClFN3O2. The molecule has 0 fully saturated rings. The van der Waals surface area contributed by atoms with Crippen molar-refractivity contribution in [2.75, 3.05) is 5.73 Å². The van der Waals surface area contributed by atoms with Crippen LogP contribution in [0.2, 0.25) is 0 Å². The van der Waals surface area contributed by atoms with Crippen molar-refractivity contribution in [3.05, 3.63) is 41.8 Å². The van der Waals surface area contributed by atoms with Crippen molar-refractivity contribution in [3.8, 4) is 5.69 Å². The number of benzene rings is 1. The highest BCUT2D eigenvalue weighted by Gasteiger charge is 2.14. The number of carboxylic acids is 1. The van der Waals surface area contributed by atoms with E-state index in [4.69, 9.17) is 10.8 Å². The molecule has 0 saturated heterocycles. The number of carbonyl (C=O) groups is 1. The molecular weight excluding hydrogens is 249 g/mol. The van der Waals surface area contributed by atoms with Crippen LogP contribution < -0.4 is 5.73 Å². The van der Waals surface area contributed by atoms with Gasteiger partial charge >= 0.3 is 5.97 Å². The summed E-state index contributed by atoms with van der Waals surface area (Å²) < 4.78 is 14.1. The van der Waals surface area contributed by atoms with Crippen molar-refractivity contribution >= 4 is 24.2 Å². The Morgan fingerprint density at radius 1 is 1.47 bits per heavy atom. The van der Waals surface area contributed by atoms with E-state index in [1.165, 1.54) is 22.9 Å². The first kappa shape index (κ1) is 13.0. The largest absolute Gasteiger partial charge is 0.477 e. The van der Waals surface area contributed by atoms with E-state index in [1.807, 2.05) is 0 Å². The zero-order valence-corrected chi connectivity index (χ0v) is 9.32. The second-order valence-electron chi connectivity index (χ2n) is 3.14. The molecule has 2 rings (SSSR count). The van der Waals surface area contributed by atoms with Crippen LogP contribution in [0.3, 0.4) is 0 Å². The van der Waals surface area contributed by atoms with E-state index in [1.54, 1.807) is 6.07 Å². The lowest BCUT2D eigenvalue weighted by Gasteiger charge is -2.03. The molecule has 5 nitrogen and oxygen atoms in total. The Hall–Kier alpha value is -2.08. The topological polar surface area (TPSA) is 81.1 Å². The number of halogens is 2. The van der Waals surface area contributed by atoms with Gasteiger partial charge in [0, 0.05) is 0 Å². The second-order valence-corrected chi connectivity index (χ2v) is 3.14. The number of aromatic nitrogens is 2. The minimum Gasteiger partial charge on any atom is -0.477 e. The molecule has 0 unspecified atom stereocenters. The minimum atomic E-state index is -1.17. The third kappa shape index (κ3) is 2.36. The number of hydrogen-bond donors (Lipinski definition) is 2. The lowest BCUT2D eigenvalue weighted by molar-refractivity contribution is 0.0698. The van der Waals surface area contributed by atoms with Gasteiger partial charge in [-0.25, -0.2) is 13.9 Å². The predicted molar refractivity (Wildman–Crippen MR) is 62.1 cm³/mol. The Bertz CT molecular complexity index is 556. The zero-order valence-electron chi connectivity index (χ0n) is 8.50. The summed E-state index contributed by atoms with van der Waals surface area (Å²) >= 11 is 0. The first-order valence-electron chi connectivity index (χ1n) is 4.42. The molecule has 0 aliphatic carbocycles. The molecule has 0 radical (unpaired) electrons. The van der Waals surface area contributed by atoms with Gasteiger partial charge in [0.2, 0.25) is 0 Å². The van der Waals surface area contributed by atoms with E-state index in [-0.39, 0.29) is 23.8 Å². The average Bonchev–Trinajstić information content (AvgIpc) is 2.60. The monoisotopic (exact) mass is 257 g/mol. The highest BCUT2D eigenvalue weighted by molar-refractivity contribution is 5.92. The molecule has 0 amide bonds. The summed E-state index contributed by atoms with van der Waals surface area (Å²) in [5, 5.41) is 12.6. The van der Waals surface area contributed by atoms with Crippen LogP contribution >= 0.6 is 12.4 Å².